The van der Waals surface area contributed by atoms with Gasteiger partial charge in [-0.3, -0.25) is 14.3 Å². The van der Waals surface area contributed by atoms with Gasteiger partial charge in [-0.25, -0.2) is 15.0 Å². The van der Waals surface area contributed by atoms with Gasteiger partial charge in [-0.1, -0.05) is 0 Å². The summed E-state index contributed by atoms with van der Waals surface area (Å²) < 4.78 is 1.75. The summed E-state index contributed by atoms with van der Waals surface area (Å²) in [6, 6.07) is 5.66. The van der Waals surface area contributed by atoms with Crippen molar-refractivity contribution in [2.24, 2.45) is 0 Å². The first-order valence-corrected chi connectivity index (χ1v) is 9.08. The van der Waals surface area contributed by atoms with Crippen molar-refractivity contribution in [2.75, 3.05) is 18.0 Å². The quantitative estimate of drug-likeness (QED) is 0.746. The van der Waals surface area contributed by atoms with E-state index in [4.69, 9.17) is 0 Å². The van der Waals surface area contributed by atoms with Gasteiger partial charge >= 0.3 is 0 Å². The van der Waals surface area contributed by atoms with Gasteiger partial charge in [0.15, 0.2) is 0 Å². The number of carbonyl (C=O) groups is 1. The zero-order valence-electron chi connectivity index (χ0n) is 15.0. The zero-order valence-corrected chi connectivity index (χ0v) is 15.0. The number of piperidine rings is 1. The lowest BCUT2D eigenvalue weighted by atomic mass is 10.1. The van der Waals surface area contributed by atoms with E-state index < -0.39 is 0 Å². The van der Waals surface area contributed by atoms with Crippen molar-refractivity contribution in [2.45, 2.75) is 25.8 Å². The molecule has 0 unspecified atom stereocenters. The van der Waals surface area contributed by atoms with Crippen LogP contribution in [0.2, 0.25) is 0 Å². The lowest BCUT2D eigenvalue weighted by molar-refractivity contribution is 0.0946. The number of rotatable bonds is 5. The monoisotopic (exact) mass is 363 g/mol. The molecule has 1 N–H and O–H groups in total. The Balaban J connectivity index is 1.45. The molecule has 0 aromatic carbocycles. The molecule has 3 aromatic rings. The van der Waals surface area contributed by atoms with Crippen LogP contribution in [0.1, 0.15) is 35.3 Å². The van der Waals surface area contributed by atoms with Crippen molar-refractivity contribution >= 4 is 11.7 Å². The third-order valence-electron chi connectivity index (χ3n) is 4.60. The molecule has 4 heterocycles. The molecule has 1 saturated heterocycles. The summed E-state index contributed by atoms with van der Waals surface area (Å²) in [5.41, 5.74) is 1.34. The van der Waals surface area contributed by atoms with Gasteiger partial charge in [0, 0.05) is 44.3 Å². The Morgan fingerprint density at radius 1 is 1.04 bits per heavy atom. The number of anilines is 1. The molecule has 0 saturated carbocycles. The lowest BCUT2D eigenvalue weighted by Gasteiger charge is -2.27. The maximum Gasteiger partial charge on any atom is 0.271 e. The standard InChI is InChI=1S/C19H21N7O/c27-19(21-11-15-4-6-20-7-5-15)16-12-26(14-24-16)18-10-17(22-13-23-18)25-8-2-1-3-9-25/h4-7,10,12-14H,1-3,8-9,11H2,(H,21,27). The number of hydrogen-bond donors (Lipinski definition) is 1. The van der Waals surface area contributed by atoms with Crippen LogP contribution in [-0.2, 0) is 6.54 Å². The molecule has 138 valence electrons. The minimum atomic E-state index is -0.226. The van der Waals surface area contributed by atoms with Gasteiger partial charge in [-0.05, 0) is 37.0 Å². The summed E-state index contributed by atoms with van der Waals surface area (Å²) in [6.45, 7) is 2.47. The highest BCUT2D eigenvalue weighted by molar-refractivity contribution is 5.92. The first-order valence-electron chi connectivity index (χ1n) is 9.08. The highest BCUT2D eigenvalue weighted by Gasteiger charge is 2.14. The molecule has 0 bridgehead atoms. The van der Waals surface area contributed by atoms with Crippen molar-refractivity contribution in [1.82, 2.24) is 29.8 Å². The van der Waals surface area contributed by atoms with Crippen LogP contribution >= 0.6 is 0 Å². The average Bonchev–Trinajstić information content (AvgIpc) is 3.24. The van der Waals surface area contributed by atoms with Gasteiger partial charge in [0.1, 0.15) is 30.0 Å². The highest BCUT2D eigenvalue weighted by Crippen LogP contribution is 2.19. The number of hydrogen-bond acceptors (Lipinski definition) is 6. The van der Waals surface area contributed by atoms with Gasteiger partial charge in [0.2, 0.25) is 0 Å². The SMILES string of the molecule is O=C(NCc1ccncc1)c1cn(-c2cc(N3CCCCC3)ncn2)cn1. The topological polar surface area (TPSA) is 88.8 Å². The molecule has 1 aliphatic heterocycles. The first kappa shape index (κ1) is 17.1. The van der Waals surface area contributed by atoms with Crippen molar-refractivity contribution in [3.05, 3.63) is 60.7 Å². The van der Waals surface area contributed by atoms with Gasteiger partial charge in [-0.15, -0.1) is 0 Å². The van der Waals surface area contributed by atoms with E-state index in [-0.39, 0.29) is 5.91 Å². The Labute approximate surface area is 157 Å². The summed E-state index contributed by atoms with van der Waals surface area (Å²) in [4.78, 5) is 31.5. The molecule has 4 rings (SSSR count). The molecular formula is C19H21N7O. The number of nitrogens with zero attached hydrogens (tertiary/aromatic N) is 6. The van der Waals surface area contributed by atoms with Crippen LogP contribution in [0.25, 0.3) is 5.82 Å². The third-order valence-corrected chi connectivity index (χ3v) is 4.60. The molecule has 0 aliphatic carbocycles. The van der Waals surface area contributed by atoms with Crippen molar-refractivity contribution < 1.29 is 4.79 Å². The molecule has 1 fully saturated rings. The molecular weight excluding hydrogens is 342 g/mol. The summed E-state index contributed by atoms with van der Waals surface area (Å²) in [6.07, 6.45) is 11.9. The van der Waals surface area contributed by atoms with E-state index in [9.17, 15) is 4.79 Å². The molecule has 0 atom stereocenters. The largest absolute Gasteiger partial charge is 0.356 e. The first-order chi connectivity index (χ1) is 13.3. The van der Waals surface area contributed by atoms with Crippen LogP contribution in [0.4, 0.5) is 5.82 Å². The third kappa shape index (κ3) is 4.11. The Morgan fingerprint density at radius 2 is 1.81 bits per heavy atom. The second-order valence-electron chi connectivity index (χ2n) is 6.49. The Bertz CT molecular complexity index is 903. The predicted molar refractivity (Wildman–Crippen MR) is 101 cm³/mol. The maximum atomic E-state index is 12.3. The van der Waals surface area contributed by atoms with Crippen LogP contribution in [0.3, 0.4) is 0 Å². The van der Waals surface area contributed by atoms with E-state index in [0.29, 0.717) is 18.1 Å². The number of aromatic nitrogens is 5. The lowest BCUT2D eigenvalue weighted by Crippen LogP contribution is -2.30. The van der Waals surface area contributed by atoms with Crippen molar-refractivity contribution in [3.63, 3.8) is 0 Å². The van der Waals surface area contributed by atoms with Gasteiger partial charge < -0.3 is 10.2 Å². The minimum absolute atomic E-state index is 0.226. The fraction of sp³-hybridized carbons (Fsp3) is 0.316. The smallest absolute Gasteiger partial charge is 0.271 e. The summed E-state index contributed by atoms with van der Waals surface area (Å²) in [7, 11) is 0. The van der Waals surface area contributed by atoms with E-state index >= 15 is 0 Å². The van der Waals surface area contributed by atoms with Crippen LogP contribution < -0.4 is 10.2 Å². The molecule has 8 heteroatoms. The zero-order chi connectivity index (χ0) is 18.5. The van der Waals surface area contributed by atoms with Crippen molar-refractivity contribution in [3.8, 4) is 5.82 Å². The number of pyridine rings is 1. The Kier molecular flexibility index (Phi) is 5.04. The summed E-state index contributed by atoms with van der Waals surface area (Å²) >= 11 is 0. The fourth-order valence-corrected chi connectivity index (χ4v) is 3.11. The maximum absolute atomic E-state index is 12.3. The number of amides is 1. The van der Waals surface area contributed by atoms with Crippen LogP contribution in [-0.4, -0.2) is 43.5 Å². The average molecular weight is 363 g/mol. The molecule has 0 radical (unpaired) electrons. The minimum Gasteiger partial charge on any atom is -0.356 e. The highest BCUT2D eigenvalue weighted by atomic mass is 16.1. The molecule has 3 aromatic heterocycles. The van der Waals surface area contributed by atoms with Gasteiger partial charge in [-0.2, -0.15) is 0 Å². The van der Waals surface area contributed by atoms with E-state index in [1.165, 1.54) is 19.3 Å². The van der Waals surface area contributed by atoms with E-state index in [1.807, 2.05) is 18.2 Å². The molecule has 1 amide bonds. The summed E-state index contributed by atoms with van der Waals surface area (Å²) in [5, 5.41) is 2.86. The van der Waals surface area contributed by atoms with E-state index in [1.54, 1.807) is 35.8 Å². The Hall–Kier alpha value is -3.29. The fourth-order valence-electron chi connectivity index (χ4n) is 3.11. The van der Waals surface area contributed by atoms with E-state index in [0.717, 1.165) is 24.5 Å². The number of nitrogens with one attached hydrogen (secondary N) is 1. The normalized spacial score (nSPS) is 14.1. The Morgan fingerprint density at radius 3 is 2.63 bits per heavy atom. The second-order valence-corrected chi connectivity index (χ2v) is 6.49. The van der Waals surface area contributed by atoms with Gasteiger partial charge in [0.05, 0.1) is 0 Å². The predicted octanol–water partition coefficient (Wildman–Crippen LogP) is 1.98. The summed E-state index contributed by atoms with van der Waals surface area (Å²) in [5.74, 6) is 1.39. The van der Waals surface area contributed by atoms with Crippen molar-refractivity contribution in [1.29, 1.82) is 0 Å². The number of imidazole rings is 1. The second kappa shape index (κ2) is 7.94. The molecule has 8 nitrogen and oxygen atoms in total. The molecule has 0 spiro atoms. The number of carbonyl (C=O) groups excluding carboxylic acids is 1. The molecule has 1 aliphatic rings. The van der Waals surface area contributed by atoms with E-state index in [2.05, 4.69) is 30.2 Å². The van der Waals surface area contributed by atoms with Crippen LogP contribution in [0, 0.1) is 0 Å². The van der Waals surface area contributed by atoms with Gasteiger partial charge in [0.25, 0.3) is 5.91 Å². The van der Waals surface area contributed by atoms with Crippen LogP contribution in [0.5, 0.6) is 0 Å². The molecule has 27 heavy (non-hydrogen) atoms. The van der Waals surface area contributed by atoms with Crippen LogP contribution in [0.15, 0.2) is 49.4 Å².